The van der Waals surface area contributed by atoms with E-state index < -0.39 is 0 Å². The first-order valence-corrected chi connectivity index (χ1v) is 14.1. The van der Waals surface area contributed by atoms with Crippen molar-refractivity contribution in [2.24, 2.45) is 0 Å². The molecule has 206 valence electrons. The molecule has 5 aromatic rings. The summed E-state index contributed by atoms with van der Waals surface area (Å²) in [6.07, 6.45) is 0.0432. The van der Waals surface area contributed by atoms with Gasteiger partial charge in [0.05, 0.1) is 19.0 Å². The van der Waals surface area contributed by atoms with Gasteiger partial charge in [-0.15, -0.1) is 0 Å². The maximum atomic E-state index is 13.5. The number of carbonyl (C=O) groups is 3. The maximum absolute atomic E-state index is 13.5. The molecule has 5 rings (SSSR count). The van der Waals surface area contributed by atoms with Gasteiger partial charge in [-0.05, 0) is 120 Å². The summed E-state index contributed by atoms with van der Waals surface area (Å²) in [6.45, 7) is 1.83. The van der Waals surface area contributed by atoms with Crippen LogP contribution in [-0.4, -0.2) is 29.4 Å². The molecule has 0 saturated heterocycles. The Morgan fingerprint density at radius 2 is 1.54 bits per heavy atom. The molecule has 0 radical (unpaired) electrons. The fourth-order valence-corrected chi connectivity index (χ4v) is 5.30. The monoisotopic (exact) mass is 677 g/mol. The second-order valence-electron chi connectivity index (χ2n) is 9.36. The van der Waals surface area contributed by atoms with E-state index in [0.717, 1.165) is 14.5 Å². The van der Waals surface area contributed by atoms with Crippen LogP contribution in [0, 0.1) is 10.5 Å². The standard InChI is InChI=1S/C32H25ClIN3O4/c1-19-27(28-17-26(41-2)14-15-29(28)37(19)32(40)20-6-8-22(33)9-7-20)18-30(38)35-24-10-12-25(13-11-24)36-31(39)21-4-3-5-23(34)16-21/h3-17H,18H2,1-2H3,(H,35,38)(H,36,39). The number of nitrogens with one attached hydrogen (secondary N) is 2. The zero-order valence-corrected chi connectivity index (χ0v) is 25.1. The average molecular weight is 678 g/mol. The van der Waals surface area contributed by atoms with E-state index in [9.17, 15) is 14.4 Å². The minimum Gasteiger partial charge on any atom is -0.497 e. The lowest BCUT2D eigenvalue weighted by molar-refractivity contribution is -0.115. The molecule has 0 saturated carbocycles. The summed E-state index contributed by atoms with van der Waals surface area (Å²) in [5.41, 5.74) is 4.30. The predicted octanol–water partition coefficient (Wildman–Crippen LogP) is 7.34. The molecular formula is C32H25ClIN3O4. The zero-order chi connectivity index (χ0) is 29.1. The molecule has 4 aromatic carbocycles. The van der Waals surface area contributed by atoms with Crippen molar-refractivity contribution in [3.63, 3.8) is 0 Å². The molecule has 0 fully saturated rings. The molecule has 0 spiro atoms. The molecule has 0 aliphatic rings. The van der Waals surface area contributed by atoms with Gasteiger partial charge in [0.25, 0.3) is 11.8 Å². The van der Waals surface area contributed by atoms with Gasteiger partial charge in [0.15, 0.2) is 0 Å². The molecule has 0 aliphatic carbocycles. The van der Waals surface area contributed by atoms with E-state index in [0.29, 0.717) is 44.5 Å². The van der Waals surface area contributed by atoms with Gasteiger partial charge in [0.2, 0.25) is 5.91 Å². The van der Waals surface area contributed by atoms with E-state index in [1.165, 1.54) is 0 Å². The zero-order valence-electron chi connectivity index (χ0n) is 22.2. The number of nitrogens with zero attached hydrogens (tertiary/aromatic N) is 1. The van der Waals surface area contributed by atoms with Crippen molar-refractivity contribution in [1.82, 2.24) is 4.57 Å². The summed E-state index contributed by atoms with van der Waals surface area (Å²) in [6, 6.07) is 26.4. The van der Waals surface area contributed by atoms with Crippen LogP contribution in [0.15, 0.2) is 91.0 Å². The molecule has 0 bridgehead atoms. The van der Waals surface area contributed by atoms with E-state index in [-0.39, 0.29) is 24.1 Å². The summed E-state index contributed by atoms with van der Waals surface area (Å²) < 4.78 is 8.01. The largest absolute Gasteiger partial charge is 0.497 e. The molecule has 0 unspecified atom stereocenters. The van der Waals surface area contributed by atoms with E-state index in [1.807, 2.05) is 37.3 Å². The van der Waals surface area contributed by atoms with Gasteiger partial charge in [0.1, 0.15) is 5.75 Å². The highest BCUT2D eigenvalue weighted by Crippen LogP contribution is 2.31. The third-order valence-electron chi connectivity index (χ3n) is 6.69. The summed E-state index contributed by atoms with van der Waals surface area (Å²) in [4.78, 5) is 39.2. The molecule has 0 atom stereocenters. The van der Waals surface area contributed by atoms with Gasteiger partial charge in [-0.3, -0.25) is 19.0 Å². The van der Waals surface area contributed by atoms with Crippen LogP contribution in [0.4, 0.5) is 11.4 Å². The second-order valence-corrected chi connectivity index (χ2v) is 11.0. The van der Waals surface area contributed by atoms with Crippen molar-refractivity contribution in [2.45, 2.75) is 13.3 Å². The van der Waals surface area contributed by atoms with Gasteiger partial charge in [-0.1, -0.05) is 17.7 Å². The van der Waals surface area contributed by atoms with Gasteiger partial charge < -0.3 is 15.4 Å². The quantitative estimate of drug-likeness (QED) is 0.177. The van der Waals surface area contributed by atoms with Crippen molar-refractivity contribution in [2.75, 3.05) is 17.7 Å². The Morgan fingerprint density at radius 1 is 0.854 bits per heavy atom. The van der Waals surface area contributed by atoms with Crippen molar-refractivity contribution in [3.05, 3.63) is 122 Å². The van der Waals surface area contributed by atoms with E-state index >= 15 is 0 Å². The van der Waals surface area contributed by atoms with E-state index in [1.54, 1.807) is 72.3 Å². The Hall–Kier alpha value is -4.15. The molecular weight excluding hydrogens is 653 g/mol. The molecule has 1 aromatic heterocycles. The van der Waals surface area contributed by atoms with Crippen LogP contribution in [0.5, 0.6) is 5.75 Å². The number of hydrogen-bond acceptors (Lipinski definition) is 4. The van der Waals surface area contributed by atoms with Crippen LogP contribution >= 0.6 is 34.2 Å². The first kappa shape index (κ1) is 28.4. The molecule has 0 aliphatic heterocycles. The fraction of sp³-hybridized carbons (Fsp3) is 0.0938. The minimum atomic E-state index is -0.246. The van der Waals surface area contributed by atoms with Gasteiger partial charge in [0, 0.05) is 42.2 Å². The molecule has 2 amide bonds. The Bertz CT molecular complexity index is 1780. The Morgan fingerprint density at radius 3 is 2.20 bits per heavy atom. The summed E-state index contributed by atoms with van der Waals surface area (Å²) in [7, 11) is 1.57. The number of hydrogen-bond donors (Lipinski definition) is 2. The molecule has 9 heteroatoms. The van der Waals surface area contributed by atoms with Crippen LogP contribution in [0.25, 0.3) is 10.9 Å². The topological polar surface area (TPSA) is 89.4 Å². The number of rotatable bonds is 7. The van der Waals surface area contributed by atoms with Gasteiger partial charge in [-0.25, -0.2) is 0 Å². The van der Waals surface area contributed by atoms with Gasteiger partial charge >= 0.3 is 0 Å². The first-order valence-electron chi connectivity index (χ1n) is 12.7. The number of fused-ring (bicyclic) bond motifs is 1. The summed E-state index contributed by atoms with van der Waals surface area (Å²) in [5, 5.41) is 7.08. The average Bonchev–Trinajstić information content (AvgIpc) is 3.24. The molecule has 7 nitrogen and oxygen atoms in total. The lowest BCUT2D eigenvalue weighted by Gasteiger charge is -2.09. The Balaban J connectivity index is 1.36. The number of methoxy groups -OCH3 is 1. The number of ether oxygens (including phenoxy) is 1. The molecule has 41 heavy (non-hydrogen) atoms. The van der Waals surface area contributed by atoms with Gasteiger partial charge in [-0.2, -0.15) is 0 Å². The highest BCUT2D eigenvalue weighted by molar-refractivity contribution is 14.1. The van der Waals surface area contributed by atoms with E-state index in [2.05, 4.69) is 33.2 Å². The van der Waals surface area contributed by atoms with Crippen molar-refractivity contribution >= 4 is 74.2 Å². The lowest BCUT2D eigenvalue weighted by atomic mass is 10.1. The highest BCUT2D eigenvalue weighted by atomic mass is 127. The van der Waals surface area contributed by atoms with Crippen LogP contribution in [-0.2, 0) is 11.2 Å². The van der Waals surface area contributed by atoms with Crippen molar-refractivity contribution in [1.29, 1.82) is 0 Å². The third-order valence-corrected chi connectivity index (χ3v) is 7.61. The predicted molar refractivity (Wildman–Crippen MR) is 170 cm³/mol. The first-order chi connectivity index (χ1) is 19.7. The van der Waals surface area contributed by atoms with Crippen LogP contribution in [0.3, 0.4) is 0 Å². The van der Waals surface area contributed by atoms with Crippen molar-refractivity contribution in [3.8, 4) is 5.75 Å². The minimum absolute atomic E-state index is 0.0432. The van der Waals surface area contributed by atoms with Crippen molar-refractivity contribution < 1.29 is 19.1 Å². The number of anilines is 2. The number of aromatic nitrogens is 1. The normalized spacial score (nSPS) is 10.8. The lowest BCUT2D eigenvalue weighted by Crippen LogP contribution is -2.17. The highest BCUT2D eigenvalue weighted by Gasteiger charge is 2.22. The number of benzene rings is 4. The maximum Gasteiger partial charge on any atom is 0.262 e. The molecule has 1 heterocycles. The SMILES string of the molecule is COc1ccc2c(c1)c(CC(=O)Nc1ccc(NC(=O)c3cccc(I)c3)cc1)c(C)n2C(=O)c1ccc(Cl)cc1. The second kappa shape index (κ2) is 12.2. The third kappa shape index (κ3) is 6.28. The number of carbonyl (C=O) groups excluding carboxylic acids is 3. The van der Waals surface area contributed by atoms with Crippen LogP contribution in [0.2, 0.25) is 5.02 Å². The van der Waals surface area contributed by atoms with Crippen LogP contribution in [0.1, 0.15) is 32.0 Å². The van der Waals surface area contributed by atoms with Crippen LogP contribution < -0.4 is 15.4 Å². The Labute approximate surface area is 255 Å². The number of amides is 2. The summed E-state index contributed by atoms with van der Waals surface area (Å²) in [5.74, 6) is -0.0535. The fourth-order valence-electron chi connectivity index (χ4n) is 4.63. The Kier molecular flexibility index (Phi) is 8.41. The smallest absolute Gasteiger partial charge is 0.262 e. The summed E-state index contributed by atoms with van der Waals surface area (Å²) >= 11 is 8.18. The number of halogens is 2. The molecule has 2 N–H and O–H groups in total. The van der Waals surface area contributed by atoms with E-state index in [4.69, 9.17) is 16.3 Å².